The molecule has 0 radical (unpaired) electrons. The number of aryl methyl sites for hydroxylation is 1. The number of fused-ring (bicyclic) bond motifs is 1. The van der Waals surface area contributed by atoms with E-state index >= 15 is 4.39 Å². The molecule has 0 aliphatic carbocycles. The minimum absolute atomic E-state index is 0.00283. The van der Waals surface area contributed by atoms with Crippen molar-refractivity contribution in [3.8, 4) is 0 Å². The molecule has 0 spiro atoms. The van der Waals surface area contributed by atoms with E-state index in [4.69, 9.17) is 5.73 Å². The van der Waals surface area contributed by atoms with Crippen LogP contribution in [0.1, 0.15) is 49.3 Å². The zero-order valence-corrected chi connectivity index (χ0v) is 25.4. The third-order valence-corrected chi connectivity index (χ3v) is 9.02. The van der Waals surface area contributed by atoms with Gasteiger partial charge in [-0.3, -0.25) is 4.79 Å². The first-order valence-electron chi connectivity index (χ1n) is 15.1. The van der Waals surface area contributed by atoms with Crippen LogP contribution in [0, 0.1) is 19.7 Å². The third-order valence-electron chi connectivity index (χ3n) is 9.02. The first kappa shape index (κ1) is 29.8. The maximum atomic E-state index is 16.2. The molecule has 2 heterocycles. The van der Waals surface area contributed by atoms with Crippen LogP contribution in [0.2, 0.25) is 0 Å². The average molecular weight is 570 g/mol. The van der Waals surface area contributed by atoms with Crippen LogP contribution in [0.5, 0.6) is 0 Å². The Balaban J connectivity index is 1.47. The smallest absolute Gasteiger partial charge is 0.251 e. The van der Waals surface area contributed by atoms with Gasteiger partial charge in [0.05, 0.1) is 11.4 Å². The predicted molar refractivity (Wildman–Crippen MR) is 174 cm³/mol. The number of amides is 1. The van der Waals surface area contributed by atoms with Crippen molar-refractivity contribution in [3.63, 3.8) is 0 Å². The van der Waals surface area contributed by atoms with Gasteiger partial charge < -0.3 is 26.2 Å². The quantitative estimate of drug-likeness (QED) is 0.204. The molecule has 0 saturated carbocycles. The molecule has 0 bridgehead atoms. The van der Waals surface area contributed by atoms with Gasteiger partial charge in [0, 0.05) is 43.0 Å². The fourth-order valence-electron chi connectivity index (χ4n) is 6.50. The van der Waals surface area contributed by atoms with Crippen LogP contribution in [0.3, 0.4) is 0 Å². The maximum absolute atomic E-state index is 16.2. The average Bonchev–Trinajstić information content (AvgIpc) is 3.58. The summed E-state index contributed by atoms with van der Waals surface area (Å²) in [5, 5.41) is 8.93. The Morgan fingerprint density at radius 3 is 2.52 bits per heavy atom. The van der Waals surface area contributed by atoms with Gasteiger partial charge in [-0.15, -0.1) is 0 Å². The number of likely N-dealkylation sites (tertiary alicyclic amines) is 1. The number of benzene rings is 3. The lowest BCUT2D eigenvalue weighted by molar-refractivity contribution is -0.117. The molecule has 4 N–H and O–H groups in total. The van der Waals surface area contributed by atoms with E-state index in [2.05, 4.69) is 60.3 Å². The van der Waals surface area contributed by atoms with Crippen molar-refractivity contribution in [2.75, 3.05) is 43.4 Å². The molecule has 5 rings (SSSR count). The highest BCUT2D eigenvalue weighted by Gasteiger charge is 2.28. The van der Waals surface area contributed by atoms with Crippen LogP contribution in [0.15, 0.2) is 60.7 Å². The Kier molecular flexibility index (Phi) is 8.99. The van der Waals surface area contributed by atoms with Crippen LogP contribution < -0.4 is 21.3 Å². The van der Waals surface area contributed by atoms with Crippen LogP contribution in [-0.4, -0.2) is 56.1 Å². The topological polar surface area (TPSA) is 73.6 Å². The second kappa shape index (κ2) is 12.7. The Bertz CT molecular complexity index is 1530. The third kappa shape index (κ3) is 6.08. The molecule has 222 valence electrons. The Labute approximate surface area is 249 Å². The van der Waals surface area contributed by atoms with Crippen LogP contribution >= 0.6 is 0 Å². The molecule has 2 saturated heterocycles. The molecule has 2 aliphatic heterocycles. The maximum Gasteiger partial charge on any atom is 0.251 e. The van der Waals surface area contributed by atoms with Gasteiger partial charge in [-0.1, -0.05) is 36.9 Å². The predicted octanol–water partition coefficient (Wildman–Crippen LogP) is 6.44. The van der Waals surface area contributed by atoms with E-state index in [1.54, 1.807) is 6.08 Å². The van der Waals surface area contributed by atoms with Gasteiger partial charge in [0.15, 0.2) is 0 Å². The van der Waals surface area contributed by atoms with Gasteiger partial charge in [0.25, 0.3) is 5.91 Å². The lowest BCUT2D eigenvalue weighted by atomic mass is 9.92. The van der Waals surface area contributed by atoms with E-state index in [9.17, 15) is 4.79 Å². The lowest BCUT2D eigenvalue weighted by Gasteiger charge is -2.27. The SMILES string of the molecule is C=C(/C(=C\C)C(=O)NCCC1CCCN1C)c1cc(F)c(N2CCC(N)C2)c(Nc2cc3ccccc3cc2C)c1C. The highest BCUT2D eigenvalue weighted by Crippen LogP contribution is 2.42. The normalized spacial score (nSPS) is 19.5. The van der Waals surface area contributed by atoms with E-state index < -0.39 is 0 Å². The van der Waals surface area contributed by atoms with E-state index in [1.165, 1.54) is 12.5 Å². The summed E-state index contributed by atoms with van der Waals surface area (Å²) in [6.07, 6.45) is 5.84. The molecule has 1 amide bonds. The van der Waals surface area contributed by atoms with Crippen molar-refractivity contribution in [2.45, 2.75) is 58.5 Å². The van der Waals surface area contributed by atoms with Crippen molar-refractivity contribution in [1.82, 2.24) is 10.2 Å². The molecule has 2 aliphatic rings. The number of carbonyl (C=O) groups excluding carboxylic acids is 1. The number of carbonyl (C=O) groups is 1. The fraction of sp³-hybridized carbons (Fsp3) is 0.400. The number of allylic oxidation sites excluding steroid dienone is 1. The molecule has 7 heteroatoms. The van der Waals surface area contributed by atoms with Crippen molar-refractivity contribution in [3.05, 3.63) is 83.2 Å². The number of halogens is 1. The Morgan fingerprint density at radius 2 is 1.88 bits per heavy atom. The zero-order valence-electron chi connectivity index (χ0n) is 25.4. The van der Waals surface area contributed by atoms with Crippen LogP contribution in [-0.2, 0) is 4.79 Å². The number of hydrogen-bond acceptors (Lipinski definition) is 5. The molecule has 0 aromatic heterocycles. The summed E-state index contributed by atoms with van der Waals surface area (Å²) in [4.78, 5) is 17.7. The summed E-state index contributed by atoms with van der Waals surface area (Å²) in [6, 6.07) is 14.5. The van der Waals surface area contributed by atoms with Gasteiger partial charge in [0.2, 0.25) is 0 Å². The summed E-state index contributed by atoms with van der Waals surface area (Å²) < 4.78 is 16.2. The van der Waals surface area contributed by atoms with Crippen LogP contribution in [0.4, 0.5) is 21.5 Å². The van der Waals surface area contributed by atoms with Gasteiger partial charge >= 0.3 is 0 Å². The Morgan fingerprint density at radius 1 is 1.14 bits per heavy atom. The molecule has 2 atom stereocenters. The second-order valence-corrected chi connectivity index (χ2v) is 11.9. The van der Waals surface area contributed by atoms with Crippen LogP contribution in [0.25, 0.3) is 16.3 Å². The molecule has 3 aromatic rings. The summed E-state index contributed by atoms with van der Waals surface area (Å²) >= 11 is 0. The fourth-order valence-corrected chi connectivity index (χ4v) is 6.50. The first-order chi connectivity index (χ1) is 20.2. The second-order valence-electron chi connectivity index (χ2n) is 11.9. The molecule has 2 fully saturated rings. The van der Waals surface area contributed by atoms with Crippen molar-refractivity contribution in [2.24, 2.45) is 5.73 Å². The van der Waals surface area contributed by atoms with Gasteiger partial charge in [-0.2, -0.15) is 0 Å². The van der Waals surface area contributed by atoms with E-state index in [0.29, 0.717) is 53.8 Å². The number of nitrogens with one attached hydrogen (secondary N) is 2. The minimum Gasteiger partial charge on any atom is -0.366 e. The summed E-state index contributed by atoms with van der Waals surface area (Å²) in [7, 11) is 2.14. The minimum atomic E-state index is -0.355. The largest absolute Gasteiger partial charge is 0.366 e. The number of rotatable bonds is 9. The van der Waals surface area contributed by atoms with E-state index in [-0.39, 0.29) is 17.8 Å². The highest BCUT2D eigenvalue weighted by molar-refractivity contribution is 6.09. The number of anilines is 3. The lowest BCUT2D eigenvalue weighted by Crippen LogP contribution is -2.32. The van der Waals surface area contributed by atoms with Gasteiger partial charge in [-0.05, 0) is 111 Å². The summed E-state index contributed by atoms with van der Waals surface area (Å²) in [5.41, 5.74) is 11.8. The molecule has 3 aromatic carbocycles. The highest BCUT2D eigenvalue weighted by atomic mass is 19.1. The van der Waals surface area contributed by atoms with Crippen molar-refractivity contribution >= 4 is 39.3 Å². The van der Waals surface area contributed by atoms with Crippen molar-refractivity contribution < 1.29 is 9.18 Å². The molecular formula is C35H44FN5O. The molecule has 42 heavy (non-hydrogen) atoms. The number of nitrogens with zero attached hydrogens (tertiary/aromatic N) is 2. The zero-order chi connectivity index (χ0) is 30.0. The molecular weight excluding hydrogens is 525 g/mol. The van der Waals surface area contributed by atoms with Gasteiger partial charge in [-0.25, -0.2) is 4.39 Å². The molecule has 2 unspecified atom stereocenters. The summed E-state index contributed by atoms with van der Waals surface area (Å²) in [5.74, 6) is -0.538. The van der Waals surface area contributed by atoms with E-state index in [0.717, 1.165) is 53.4 Å². The monoisotopic (exact) mass is 569 g/mol. The standard InChI is InChI=1S/C35H44FN5O/c1-6-29(35(42)38-15-13-28-12-9-16-40(28)5)23(3)30-20-31(36)34(41-17-14-27(37)21-41)33(24(30)4)39-32-19-26-11-8-7-10-25(26)18-22(32)2/h6-8,10-11,18-20,27-28,39H,3,9,12-17,21,37H2,1-2,4-5H3,(H,38,42)/b29-6+. The first-order valence-corrected chi connectivity index (χ1v) is 15.1. The number of nitrogens with two attached hydrogens (primary N) is 1. The Hall–Kier alpha value is -3.68. The van der Waals surface area contributed by atoms with E-state index in [1.807, 2.05) is 30.9 Å². The summed E-state index contributed by atoms with van der Waals surface area (Å²) in [6.45, 7) is 13.1. The van der Waals surface area contributed by atoms with Gasteiger partial charge in [0.1, 0.15) is 5.82 Å². The van der Waals surface area contributed by atoms with Crippen molar-refractivity contribution in [1.29, 1.82) is 0 Å². The number of hydrogen-bond donors (Lipinski definition) is 3. The molecule has 6 nitrogen and oxygen atoms in total.